The summed E-state index contributed by atoms with van der Waals surface area (Å²) >= 11 is 0. The van der Waals surface area contributed by atoms with E-state index in [0.29, 0.717) is 0 Å². The van der Waals surface area contributed by atoms with Gasteiger partial charge in [0.15, 0.2) is 0 Å². The van der Waals surface area contributed by atoms with Crippen molar-refractivity contribution in [3.8, 4) is 5.69 Å². The molecule has 0 spiro atoms. The molecule has 0 radical (unpaired) electrons. The lowest BCUT2D eigenvalue weighted by Crippen LogP contribution is -2.24. The van der Waals surface area contributed by atoms with E-state index >= 15 is 0 Å². The van der Waals surface area contributed by atoms with Crippen LogP contribution in [-0.4, -0.2) is 29.4 Å². The van der Waals surface area contributed by atoms with Crippen molar-refractivity contribution in [2.45, 2.75) is 33.2 Å². The van der Waals surface area contributed by atoms with E-state index in [1.807, 2.05) is 29.8 Å². The summed E-state index contributed by atoms with van der Waals surface area (Å²) in [7, 11) is 2.10. The first-order valence-corrected chi connectivity index (χ1v) is 7.15. The number of para-hydroxylation sites is 1. The average Bonchev–Trinajstić information content (AvgIpc) is 2.76. The summed E-state index contributed by atoms with van der Waals surface area (Å²) in [6, 6.07) is 10.4. The summed E-state index contributed by atoms with van der Waals surface area (Å²) < 4.78 is 2.02. The molecule has 2 aromatic rings. The van der Waals surface area contributed by atoms with E-state index in [0.717, 1.165) is 30.2 Å². The molecule has 0 amide bonds. The van der Waals surface area contributed by atoms with E-state index in [9.17, 15) is 0 Å². The molecule has 0 aliphatic rings. The maximum atomic E-state index is 6.00. The highest BCUT2D eigenvalue weighted by atomic mass is 15.4. The summed E-state index contributed by atoms with van der Waals surface area (Å²) in [6.45, 7) is 7.18. The lowest BCUT2D eigenvalue weighted by atomic mass is 10.1. The quantitative estimate of drug-likeness (QED) is 0.910. The lowest BCUT2D eigenvalue weighted by molar-refractivity contribution is 0.731. The molecule has 108 valence electrons. The molecule has 2 rings (SSSR count). The van der Waals surface area contributed by atoms with Crippen LogP contribution in [-0.2, 0) is 6.42 Å². The SMILES string of the molecule is CCN(C)c1c(CC(C)N)c(C)nn1-c1ccccc1. The zero-order valence-electron chi connectivity index (χ0n) is 12.8. The van der Waals surface area contributed by atoms with Gasteiger partial charge < -0.3 is 10.6 Å². The summed E-state index contributed by atoms with van der Waals surface area (Å²) in [5.41, 5.74) is 9.38. The number of rotatable bonds is 5. The van der Waals surface area contributed by atoms with Gasteiger partial charge in [0.05, 0.1) is 11.4 Å². The number of nitrogens with two attached hydrogens (primary N) is 1. The molecule has 4 heteroatoms. The zero-order chi connectivity index (χ0) is 14.7. The molecule has 0 aliphatic heterocycles. The zero-order valence-corrected chi connectivity index (χ0v) is 12.8. The minimum atomic E-state index is 0.131. The largest absolute Gasteiger partial charge is 0.360 e. The minimum absolute atomic E-state index is 0.131. The highest BCUT2D eigenvalue weighted by molar-refractivity contribution is 5.55. The fourth-order valence-corrected chi connectivity index (χ4v) is 2.40. The molecule has 0 saturated carbocycles. The molecule has 0 bridgehead atoms. The Hall–Kier alpha value is -1.81. The Bertz CT molecular complexity index is 557. The average molecular weight is 272 g/mol. The second-order valence-corrected chi connectivity index (χ2v) is 5.33. The molecule has 0 fully saturated rings. The number of nitrogens with zero attached hydrogens (tertiary/aromatic N) is 3. The van der Waals surface area contributed by atoms with Gasteiger partial charge >= 0.3 is 0 Å². The van der Waals surface area contributed by atoms with Crippen LogP contribution >= 0.6 is 0 Å². The molecule has 4 nitrogen and oxygen atoms in total. The number of aryl methyl sites for hydroxylation is 1. The van der Waals surface area contributed by atoms with E-state index in [-0.39, 0.29) is 6.04 Å². The third-order valence-corrected chi connectivity index (χ3v) is 3.52. The Balaban J connectivity index is 2.57. The molecule has 0 saturated heterocycles. The topological polar surface area (TPSA) is 47.1 Å². The van der Waals surface area contributed by atoms with Crippen molar-refractivity contribution in [1.82, 2.24) is 9.78 Å². The number of hydrogen-bond acceptors (Lipinski definition) is 3. The van der Waals surface area contributed by atoms with Crippen molar-refractivity contribution in [1.29, 1.82) is 0 Å². The second-order valence-electron chi connectivity index (χ2n) is 5.33. The third-order valence-electron chi connectivity index (χ3n) is 3.52. The number of anilines is 1. The van der Waals surface area contributed by atoms with E-state index < -0.39 is 0 Å². The van der Waals surface area contributed by atoms with Crippen LogP contribution in [0.1, 0.15) is 25.1 Å². The predicted molar refractivity (Wildman–Crippen MR) is 84.6 cm³/mol. The number of benzene rings is 1. The van der Waals surface area contributed by atoms with Crippen LogP contribution in [0.5, 0.6) is 0 Å². The summed E-state index contributed by atoms with van der Waals surface area (Å²) in [6.07, 6.45) is 0.846. The first-order valence-electron chi connectivity index (χ1n) is 7.15. The van der Waals surface area contributed by atoms with Crippen LogP contribution in [0.15, 0.2) is 30.3 Å². The fraction of sp³-hybridized carbons (Fsp3) is 0.438. The normalized spacial score (nSPS) is 12.4. The maximum absolute atomic E-state index is 6.00. The summed E-state index contributed by atoms with van der Waals surface area (Å²) in [4.78, 5) is 2.23. The monoisotopic (exact) mass is 272 g/mol. The second kappa shape index (κ2) is 6.09. The standard InChI is InChI=1S/C16H24N4/c1-5-19(4)16-15(11-12(2)17)13(3)18-20(16)14-9-7-6-8-10-14/h6-10,12H,5,11,17H2,1-4H3. The van der Waals surface area contributed by atoms with E-state index in [4.69, 9.17) is 10.8 Å². The van der Waals surface area contributed by atoms with Crippen molar-refractivity contribution in [3.63, 3.8) is 0 Å². The first-order chi connectivity index (χ1) is 9.54. The van der Waals surface area contributed by atoms with Crippen LogP contribution in [0.3, 0.4) is 0 Å². The Morgan fingerprint density at radius 3 is 2.50 bits per heavy atom. The third kappa shape index (κ3) is 2.85. The van der Waals surface area contributed by atoms with Gasteiger partial charge in [-0.2, -0.15) is 5.10 Å². The van der Waals surface area contributed by atoms with Crippen LogP contribution in [0.25, 0.3) is 5.69 Å². The van der Waals surface area contributed by atoms with Crippen LogP contribution < -0.4 is 10.6 Å². The number of aromatic nitrogens is 2. The lowest BCUT2D eigenvalue weighted by Gasteiger charge is -2.21. The van der Waals surface area contributed by atoms with Crippen molar-refractivity contribution < 1.29 is 0 Å². The van der Waals surface area contributed by atoms with Gasteiger partial charge in [0.25, 0.3) is 0 Å². The van der Waals surface area contributed by atoms with E-state index in [1.54, 1.807) is 0 Å². The van der Waals surface area contributed by atoms with Gasteiger partial charge in [-0.1, -0.05) is 18.2 Å². The smallest absolute Gasteiger partial charge is 0.135 e. The Morgan fingerprint density at radius 2 is 1.95 bits per heavy atom. The van der Waals surface area contributed by atoms with Crippen LogP contribution in [0.2, 0.25) is 0 Å². The van der Waals surface area contributed by atoms with Crippen LogP contribution in [0, 0.1) is 6.92 Å². The summed E-state index contributed by atoms with van der Waals surface area (Å²) in [5.74, 6) is 1.15. The van der Waals surface area contributed by atoms with E-state index in [2.05, 4.69) is 37.9 Å². The molecule has 20 heavy (non-hydrogen) atoms. The van der Waals surface area contributed by atoms with Gasteiger partial charge in [0.2, 0.25) is 0 Å². The Kier molecular flexibility index (Phi) is 4.45. The van der Waals surface area contributed by atoms with Gasteiger partial charge in [-0.3, -0.25) is 0 Å². The molecule has 1 atom stereocenters. The molecular formula is C16H24N4. The molecule has 0 aliphatic carbocycles. The van der Waals surface area contributed by atoms with Gasteiger partial charge in [-0.15, -0.1) is 0 Å². The number of hydrogen-bond donors (Lipinski definition) is 1. The van der Waals surface area contributed by atoms with Crippen molar-refractivity contribution in [2.75, 3.05) is 18.5 Å². The summed E-state index contributed by atoms with van der Waals surface area (Å²) in [5, 5.41) is 4.72. The first kappa shape index (κ1) is 14.6. The van der Waals surface area contributed by atoms with Crippen molar-refractivity contribution >= 4 is 5.82 Å². The minimum Gasteiger partial charge on any atom is -0.360 e. The fourth-order valence-electron chi connectivity index (χ4n) is 2.40. The van der Waals surface area contributed by atoms with Gasteiger partial charge in [0.1, 0.15) is 5.82 Å². The van der Waals surface area contributed by atoms with Gasteiger partial charge in [-0.05, 0) is 39.3 Å². The molecular weight excluding hydrogens is 248 g/mol. The molecule has 1 aromatic carbocycles. The van der Waals surface area contributed by atoms with E-state index in [1.165, 1.54) is 5.56 Å². The molecule has 2 N–H and O–H groups in total. The Morgan fingerprint density at radius 1 is 1.30 bits per heavy atom. The van der Waals surface area contributed by atoms with Crippen molar-refractivity contribution in [3.05, 3.63) is 41.6 Å². The molecule has 1 unspecified atom stereocenters. The molecule has 1 heterocycles. The highest BCUT2D eigenvalue weighted by Crippen LogP contribution is 2.27. The Labute approximate surface area is 121 Å². The molecule has 1 aromatic heterocycles. The maximum Gasteiger partial charge on any atom is 0.135 e. The van der Waals surface area contributed by atoms with Gasteiger partial charge in [0, 0.05) is 25.2 Å². The van der Waals surface area contributed by atoms with Gasteiger partial charge in [-0.25, -0.2) is 4.68 Å². The highest BCUT2D eigenvalue weighted by Gasteiger charge is 2.19. The predicted octanol–water partition coefficient (Wildman–Crippen LogP) is 2.53. The van der Waals surface area contributed by atoms with Crippen LogP contribution in [0.4, 0.5) is 5.82 Å². The van der Waals surface area contributed by atoms with Crippen molar-refractivity contribution in [2.24, 2.45) is 5.73 Å².